The van der Waals surface area contributed by atoms with Crippen LogP contribution in [0.5, 0.6) is 0 Å². The lowest BCUT2D eigenvalue weighted by Crippen LogP contribution is -2.30. The van der Waals surface area contributed by atoms with Crippen molar-refractivity contribution in [3.8, 4) is 0 Å². The molecule has 0 aliphatic carbocycles. The van der Waals surface area contributed by atoms with Crippen LogP contribution in [-0.2, 0) is 0 Å². The van der Waals surface area contributed by atoms with Gasteiger partial charge in [-0.05, 0) is 26.9 Å². The van der Waals surface area contributed by atoms with Crippen molar-refractivity contribution in [1.82, 2.24) is 14.9 Å². The van der Waals surface area contributed by atoms with Crippen molar-refractivity contribution in [2.45, 2.75) is 13.3 Å². The van der Waals surface area contributed by atoms with E-state index in [1.807, 2.05) is 6.92 Å². The highest BCUT2D eigenvalue weighted by Crippen LogP contribution is 2.10. The van der Waals surface area contributed by atoms with Crippen LogP contribution in [0.15, 0.2) is 10.9 Å². The molecule has 5 nitrogen and oxygen atoms in total. The van der Waals surface area contributed by atoms with Crippen LogP contribution in [0, 0.1) is 6.92 Å². The summed E-state index contributed by atoms with van der Waals surface area (Å²) in [6, 6.07) is 1.58. The second kappa shape index (κ2) is 4.65. The van der Waals surface area contributed by atoms with Crippen LogP contribution in [0.2, 0.25) is 0 Å². The van der Waals surface area contributed by atoms with Crippen molar-refractivity contribution >= 4 is 5.82 Å². The Balaban J connectivity index is 2.19. The average molecular weight is 222 g/mol. The Kier molecular flexibility index (Phi) is 3.24. The van der Waals surface area contributed by atoms with Gasteiger partial charge in [-0.25, -0.2) is 4.98 Å². The quantitative estimate of drug-likeness (QED) is 0.738. The Morgan fingerprint density at radius 2 is 2.12 bits per heavy atom. The van der Waals surface area contributed by atoms with Crippen LogP contribution in [0.1, 0.15) is 12.2 Å². The summed E-state index contributed by atoms with van der Waals surface area (Å²) in [6.07, 6.45) is 1.12. The number of nitrogens with zero attached hydrogens (tertiary/aromatic N) is 3. The van der Waals surface area contributed by atoms with Crippen molar-refractivity contribution in [2.24, 2.45) is 0 Å². The third-order valence-corrected chi connectivity index (χ3v) is 2.89. The zero-order chi connectivity index (χ0) is 11.5. The maximum atomic E-state index is 11.4. The monoisotopic (exact) mass is 222 g/mol. The summed E-state index contributed by atoms with van der Waals surface area (Å²) in [5.41, 5.74) is -0.0694. The van der Waals surface area contributed by atoms with Crippen LogP contribution < -0.4 is 10.5 Å². The Hall–Kier alpha value is -1.36. The summed E-state index contributed by atoms with van der Waals surface area (Å²) in [4.78, 5) is 22.9. The Morgan fingerprint density at radius 3 is 2.88 bits per heavy atom. The molecule has 2 heterocycles. The molecule has 16 heavy (non-hydrogen) atoms. The van der Waals surface area contributed by atoms with E-state index in [9.17, 15) is 4.79 Å². The van der Waals surface area contributed by atoms with Crippen molar-refractivity contribution in [1.29, 1.82) is 0 Å². The van der Waals surface area contributed by atoms with Crippen LogP contribution >= 0.6 is 0 Å². The van der Waals surface area contributed by atoms with E-state index in [4.69, 9.17) is 0 Å². The van der Waals surface area contributed by atoms with E-state index in [0.717, 1.165) is 38.4 Å². The molecule has 1 aromatic heterocycles. The van der Waals surface area contributed by atoms with Gasteiger partial charge in [0.15, 0.2) is 0 Å². The van der Waals surface area contributed by atoms with Gasteiger partial charge in [0.05, 0.1) is 0 Å². The summed E-state index contributed by atoms with van der Waals surface area (Å²) in [5, 5.41) is 0. The molecule has 1 saturated heterocycles. The SMILES string of the molecule is Cc1nc(N2CCCN(C)CC2)cc(=O)[nH]1. The van der Waals surface area contributed by atoms with Gasteiger partial charge in [0.1, 0.15) is 11.6 Å². The first kappa shape index (κ1) is 11.1. The molecule has 0 aromatic carbocycles. The first-order chi connectivity index (χ1) is 7.65. The first-order valence-electron chi connectivity index (χ1n) is 5.66. The molecule has 0 bridgehead atoms. The number of hydrogen-bond donors (Lipinski definition) is 1. The average Bonchev–Trinajstić information content (AvgIpc) is 2.41. The van der Waals surface area contributed by atoms with E-state index in [1.165, 1.54) is 0 Å². The minimum Gasteiger partial charge on any atom is -0.355 e. The molecular formula is C11H18N4O. The number of aryl methyl sites for hydroxylation is 1. The number of anilines is 1. The largest absolute Gasteiger partial charge is 0.355 e. The molecule has 1 aromatic rings. The van der Waals surface area contributed by atoms with E-state index >= 15 is 0 Å². The van der Waals surface area contributed by atoms with E-state index in [1.54, 1.807) is 6.07 Å². The Bertz CT molecular complexity index is 415. The summed E-state index contributed by atoms with van der Waals surface area (Å²) in [6.45, 7) is 5.85. The highest BCUT2D eigenvalue weighted by Gasteiger charge is 2.14. The molecule has 0 radical (unpaired) electrons. The predicted molar refractivity (Wildman–Crippen MR) is 63.9 cm³/mol. The van der Waals surface area contributed by atoms with Crippen molar-refractivity contribution in [3.05, 3.63) is 22.2 Å². The van der Waals surface area contributed by atoms with Gasteiger partial charge in [0, 0.05) is 25.7 Å². The molecule has 0 spiro atoms. The second-order valence-electron chi connectivity index (χ2n) is 4.33. The minimum atomic E-state index is -0.0694. The fourth-order valence-corrected chi connectivity index (χ4v) is 2.00. The van der Waals surface area contributed by atoms with Gasteiger partial charge in [-0.1, -0.05) is 0 Å². The Labute approximate surface area is 95.1 Å². The van der Waals surface area contributed by atoms with Gasteiger partial charge in [0.25, 0.3) is 5.56 Å². The summed E-state index contributed by atoms with van der Waals surface area (Å²) in [5.74, 6) is 1.48. The van der Waals surface area contributed by atoms with Crippen LogP contribution in [0.25, 0.3) is 0 Å². The zero-order valence-electron chi connectivity index (χ0n) is 9.86. The van der Waals surface area contributed by atoms with Gasteiger partial charge in [-0.15, -0.1) is 0 Å². The number of hydrogen-bond acceptors (Lipinski definition) is 4. The van der Waals surface area contributed by atoms with Crippen LogP contribution in [-0.4, -0.2) is 48.1 Å². The molecule has 1 N–H and O–H groups in total. The number of nitrogens with one attached hydrogen (secondary N) is 1. The van der Waals surface area contributed by atoms with Gasteiger partial charge < -0.3 is 14.8 Å². The molecule has 5 heteroatoms. The highest BCUT2D eigenvalue weighted by molar-refractivity contribution is 5.37. The van der Waals surface area contributed by atoms with E-state index in [0.29, 0.717) is 5.82 Å². The third kappa shape index (κ3) is 2.61. The smallest absolute Gasteiger partial charge is 0.252 e. The van der Waals surface area contributed by atoms with Crippen LogP contribution in [0.3, 0.4) is 0 Å². The highest BCUT2D eigenvalue weighted by atomic mass is 16.1. The minimum absolute atomic E-state index is 0.0694. The summed E-state index contributed by atoms with van der Waals surface area (Å²) < 4.78 is 0. The fourth-order valence-electron chi connectivity index (χ4n) is 2.00. The van der Waals surface area contributed by atoms with Crippen LogP contribution in [0.4, 0.5) is 5.82 Å². The zero-order valence-corrected chi connectivity index (χ0v) is 9.86. The predicted octanol–water partition coefficient (Wildman–Crippen LogP) is 0.220. The van der Waals surface area contributed by atoms with Gasteiger partial charge in [-0.2, -0.15) is 0 Å². The van der Waals surface area contributed by atoms with Crippen molar-refractivity contribution in [3.63, 3.8) is 0 Å². The summed E-state index contributed by atoms with van der Waals surface area (Å²) >= 11 is 0. The molecular weight excluding hydrogens is 204 g/mol. The van der Waals surface area contributed by atoms with Crippen molar-refractivity contribution < 1.29 is 0 Å². The van der Waals surface area contributed by atoms with E-state index < -0.39 is 0 Å². The number of rotatable bonds is 1. The van der Waals surface area contributed by atoms with Gasteiger partial charge >= 0.3 is 0 Å². The molecule has 88 valence electrons. The molecule has 0 unspecified atom stereocenters. The van der Waals surface area contributed by atoms with E-state index in [2.05, 4.69) is 26.8 Å². The van der Waals surface area contributed by atoms with Gasteiger partial charge in [0.2, 0.25) is 0 Å². The second-order valence-corrected chi connectivity index (χ2v) is 4.33. The maximum Gasteiger partial charge on any atom is 0.252 e. The lowest BCUT2D eigenvalue weighted by atomic mass is 10.4. The molecule has 0 amide bonds. The Morgan fingerprint density at radius 1 is 1.31 bits per heavy atom. The first-order valence-corrected chi connectivity index (χ1v) is 5.66. The number of aromatic amines is 1. The topological polar surface area (TPSA) is 52.2 Å². The molecule has 1 aliphatic rings. The lowest BCUT2D eigenvalue weighted by Gasteiger charge is -2.21. The molecule has 2 rings (SSSR count). The molecule has 1 fully saturated rings. The normalized spacial score (nSPS) is 18.5. The standard InChI is InChI=1S/C11H18N4O/c1-9-12-10(8-11(16)13-9)15-5-3-4-14(2)6-7-15/h8H,3-7H2,1-2H3,(H,12,13,16). The van der Waals surface area contributed by atoms with E-state index in [-0.39, 0.29) is 5.56 Å². The number of likely N-dealkylation sites (N-methyl/N-ethyl adjacent to an activating group) is 1. The van der Waals surface area contributed by atoms with Crippen molar-refractivity contribution in [2.75, 3.05) is 38.1 Å². The molecule has 0 saturated carbocycles. The molecule has 0 atom stereocenters. The number of H-pyrrole nitrogens is 1. The molecule has 1 aliphatic heterocycles. The van der Waals surface area contributed by atoms with Gasteiger partial charge in [-0.3, -0.25) is 4.79 Å². The number of aromatic nitrogens is 2. The fraction of sp³-hybridized carbons (Fsp3) is 0.636. The summed E-state index contributed by atoms with van der Waals surface area (Å²) in [7, 11) is 2.12. The lowest BCUT2D eigenvalue weighted by molar-refractivity contribution is 0.360. The maximum absolute atomic E-state index is 11.4. The third-order valence-electron chi connectivity index (χ3n) is 2.89.